The molecule has 4 amide bonds. The summed E-state index contributed by atoms with van der Waals surface area (Å²) >= 11 is 1.35. The van der Waals surface area contributed by atoms with Crippen LogP contribution in [0.4, 0.5) is 0 Å². The minimum absolute atomic E-state index is 0.0771. The number of carbonyl (C=O) groups is 7. The lowest BCUT2D eigenvalue weighted by Gasteiger charge is -2.27. The number of hydrogen-bond acceptors (Lipinski definition) is 10. The van der Waals surface area contributed by atoms with Crippen molar-refractivity contribution in [2.24, 2.45) is 17.4 Å². The van der Waals surface area contributed by atoms with Gasteiger partial charge < -0.3 is 48.1 Å². The predicted octanol–water partition coefficient (Wildman–Crippen LogP) is -2.17. The molecule has 0 saturated carbocycles. The van der Waals surface area contributed by atoms with E-state index in [1.807, 2.05) is 0 Å². The van der Waals surface area contributed by atoms with Crippen LogP contribution >= 0.6 is 11.8 Å². The molecular weight excluding hydrogens is 564 g/mol. The Bertz CT molecular complexity index is 935. The van der Waals surface area contributed by atoms with Crippen LogP contribution in [0, 0.1) is 5.92 Å². The number of hydrogen-bond donors (Lipinski definition) is 9. The molecule has 41 heavy (non-hydrogen) atoms. The first-order valence-corrected chi connectivity index (χ1v) is 14.4. The fourth-order valence-corrected chi connectivity index (χ4v) is 3.99. The Kier molecular flexibility index (Phi) is 18.0. The topological polar surface area (TPSA) is 280 Å². The molecule has 0 aliphatic rings. The van der Waals surface area contributed by atoms with Gasteiger partial charge in [0.1, 0.15) is 24.2 Å². The molecule has 17 heteroatoms. The van der Waals surface area contributed by atoms with Crippen LogP contribution in [0.2, 0.25) is 0 Å². The van der Waals surface area contributed by atoms with E-state index < -0.39 is 90.5 Å². The van der Waals surface area contributed by atoms with Gasteiger partial charge in [0.25, 0.3) is 0 Å². The van der Waals surface area contributed by atoms with E-state index >= 15 is 0 Å². The summed E-state index contributed by atoms with van der Waals surface area (Å²) in [5, 5.41) is 37.0. The zero-order valence-electron chi connectivity index (χ0n) is 23.4. The summed E-state index contributed by atoms with van der Waals surface area (Å²) in [5.74, 6) is -7.93. The van der Waals surface area contributed by atoms with E-state index in [4.69, 9.17) is 16.6 Å². The number of thioether (sulfide) groups is 1. The van der Waals surface area contributed by atoms with Crippen LogP contribution in [-0.2, 0) is 33.6 Å². The zero-order valence-corrected chi connectivity index (χ0v) is 24.2. The summed E-state index contributed by atoms with van der Waals surface area (Å²) in [6.45, 7) is 3.45. The average Bonchev–Trinajstić information content (AvgIpc) is 2.87. The van der Waals surface area contributed by atoms with Crippen molar-refractivity contribution in [3.05, 3.63) is 0 Å². The van der Waals surface area contributed by atoms with Crippen molar-refractivity contribution in [2.45, 2.75) is 82.6 Å². The van der Waals surface area contributed by atoms with Crippen LogP contribution < -0.4 is 32.7 Å². The Labute approximate surface area is 242 Å². The molecule has 0 saturated heterocycles. The number of carboxylic acid groups (broad SMARTS) is 3. The fraction of sp³-hybridized carbons (Fsp3) is 0.708. The highest BCUT2D eigenvalue weighted by Crippen LogP contribution is 2.08. The van der Waals surface area contributed by atoms with E-state index in [0.717, 1.165) is 0 Å². The Balaban J connectivity index is 5.75. The highest BCUT2D eigenvalue weighted by molar-refractivity contribution is 7.98. The van der Waals surface area contributed by atoms with Crippen LogP contribution in [0.5, 0.6) is 0 Å². The van der Waals surface area contributed by atoms with E-state index in [0.29, 0.717) is 25.1 Å². The Morgan fingerprint density at radius 1 is 0.707 bits per heavy atom. The maximum Gasteiger partial charge on any atom is 0.326 e. The SMILES string of the molecule is CSCC[C@H](NC(=O)[C@H](CC(=O)O)NC(=O)[C@@H](NC(=O)[C@@H](N)CC(=O)O)C(C)C)C(=O)N[C@@H](CCCCN)C(=O)O. The van der Waals surface area contributed by atoms with Gasteiger partial charge in [-0.25, -0.2) is 4.79 Å². The number of carboxylic acids is 3. The highest BCUT2D eigenvalue weighted by atomic mass is 32.2. The van der Waals surface area contributed by atoms with E-state index in [1.54, 1.807) is 20.1 Å². The molecule has 0 aliphatic carbocycles. The second-order valence-electron chi connectivity index (χ2n) is 9.62. The van der Waals surface area contributed by atoms with Gasteiger partial charge in [0.2, 0.25) is 23.6 Å². The molecule has 0 fully saturated rings. The maximum atomic E-state index is 13.1. The molecule has 0 aromatic rings. The summed E-state index contributed by atoms with van der Waals surface area (Å²) in [4.78, 5) is 85.2. The lowest BCUT2D eigenvalue weighted by atomic mass is 10.0. The molecule has 0 spiro atoms. The van der Waals surface area contributed by atoms with Crippen LogP contribution in [0.3, 0.4) is 0 Å². The number of unbranched alkanes of at least 4 members (excludes halogenated alkanes) is 1. The van der Waals surface area contributed by atoms with Gasteiger partial charge in [0.05, 0.1) is 18.9 Å². The number of carbonyl (C=O) groups excluding carboxylic acids is 4. The van der Waals surface area contributed by atoms with E-state index in [9.17, 15) is 43.8 Å². The van der Waals surface area contributed by atoms with Crippen molar-refractivity contribution in [1.82, 2.24) is 21.3 Å². The monoisotopic (exact) mass is 606 g/mol. The number of nitrogens with two attached hydrogens (primary N) is 2. The number of rotatable bonds is 21. The van der Waals surface area contributed by atoms with Crippen LogP contribution in [0.1, 0.15) is 52.4 Å². The minimum Gasteiger partial charge on any atom is -0.481 e. The molecule has 5 atom stereocenters. The maximum absolute atomic E-state index is 13.1. The summed E-state index contributed by atoms with van der Waals surface area (Å²) in [7, 11) is 0. The van der Waals surface area contributed by atoms with E-state index in [-0.39, 0.29) is 12.8 Å². The molecule has 234 valence electrons. The molecular formula is C24H42N6O10S. The van der Waals surface area contributed by atoms with Crippen LogP contribution in [0.15, 0.2) is 0 Å². The molecule has 11 N–H and O–H groups in total. The van der Waals surface area contributed by atoms with Gasteiger partial charge in [-0.2, -0.15) is 11.8 Å². The van der Waals surface area contributed by atoms with Gasteiger partial charge >= 0.3 is 17.9 Å². The van der Waals surface area contributed by atoms with Gasteiger partial charge in [0, 0.05) is 0 Å². The summed E-state index contributed by atoms with van der Waals surface area (Å²) in [6, 6.07) is -6.91. The summed E-state index contributed by atoms with van der Waals surface area (Å²) in [6.07, 6.45) is 1.36. The second kappa shape index (κ2) is 19.6. The first kappa shape index (κ1) is 37.6. The molecule has 16 nitrogen and oxygen atoms in total. The van der Waals surface area contributed by atoms with E-state index in [1.165, 1.54) is 11.8 Å². The van der Waals surface area contributed by atoms with Gasteiger partial charge in [-0.05, 0) is 50.2 Å². The van der Waals surface area contributed by atoms with Crippen molar-refractivity contribution >= 4 is 53.3 Å². The standard InChI is InChI=1S/C24H42N6O10S/c1-12(2)19(30-20(35)13(26)10-17(31)32)23(38)29-16(11-18(33)34)22(37)27-14(7-9-41-3)21(36)28-15(24(39)40)6-4-5-8-25/h12-16,19H,4-11,25-26H2,1-3H3,(H,27,37)(H,28,36)(H,29,38)(H,30,35)(H,31,32)(H,33,34)(H,39,40)/t13-,14-,15-,16-,19-/m0/s1. The lowest BCUT2D eigenvalue weighted by molar-refractivity contribution is -0.143. The lowest BCUT2D eigenvalue weighted by Crippen LogP contribution is -2.59. The zero-order chi connectivity index (χ0) is 31.7. The van der Waals surface area contributed by atoms with Gasteiger partial charge in [-0.15, -0.1) is 0 Å². The van der Waals surface area contributed by atoms with E-state index in [2.05, 4.69) is 21.3 Å². The van der Waals surface area contributed by atoms with Crippen molar-refractivity contribution in [2.75, 3.05) is 18.6 Å². The number of amides is 4. The van der Waals surface area contributed by atoms with Crippen molar-refractivity contribution in [3.63, 3.8) is 0 Å². The predicted molar refractivity (Wildman–Crippen MR) is 149 cm³/mol. The van der Waals surface area contributed by atoms with Crippen molar-refractivity contribution in [3.8, 4) is 0 Å². The first-order chi connectivity index (χ1) is 19.1. The second-order valence-corrected chi connectivity index (χ2v) is 10.6. The molecule has 0 aliphatic heterocycles. The van der Waals surface area contributed by atoms with Crippen LogP contribution in [0.25, 0.3) is 0 Å². The molecule has 0 aromatic carbocycles. The third-order valence-electron chi connectivity index (χ3n) is 5.80. The van der Waals surface area contributed by atoms with Gasteiger partial charge in [-0.1, -0.05) is 13.8 Å². The Morgan fingerprint density at radius 2 is 1.24 bits per heavy atom. The molecule has 0 aromatic heterocycles. The first-order valence-electron chi connectivity index (χ1n) is 13.0. The quantitative estimate of drug-likeness (QED) is 0.0629. The Hall–Kier alpha value is -3.44. The smallest absolute Gasteiger partial charge is 0.326 e. The van der Waals surface area contributed by atoms with Gasteiger partial charge in [-0.3, -0.25) is 28.8 Å². The summed E-state index contributed by atoms with van der Waals surface area (Å²) < 4.78 is 0. The Morgan fingerprint density at radius 3 is 1.73 bits per heavy atom. The normalized spacial score (nSPS) is 14.6. The largest absolute Gasteiger partial charge is 0.481 e. The molecule has 0 rings (SSSR count). The van der Waals surface area contributed by atoms with Gasteiger partial charge in [0.15, 0.2) is 0 Å². The third-order valence-corrected chi connectivity index (χ3v) is 6.44. The highest BCUT2D eigenvalue weighted by Gasteiger charge is 2.33. The van der Waals surface area contributed by atoms with Crippen molar-refractivity contribution in [1.29, 1.82) is 0 Å². The number of nitrogens with one attached hydrogen (secondary N) is 4. The molecule has 0 radical (unpaired) electrons. The number of aliphatic carboxylic acids is 3. The molecule has 0 bridgehead atoms. The van der Waals surface area contributed by atoms with Crippen LogP contribution in [-0.4, -0.2) is 106 Å². The fourth-order valence-electron chi connectivity index (χ4n) is 3.52. The third kappa shape index (κ3) is 15.2. The minimum atomic E-state index is -1.67. The molecule has 0 unspecified atom stereocenters. The summed E-state index contributed by atoms with van der Waals surface area (Å²) in [5.41, 5.74) is 11.0. The van der Waals surface area contributed by atoms with Crippen molar-refractivity contribution < 1.29 is 48.9 Å². The molecule has 0 heterocycles. The average molecular weight is 607 g/mol.